The third-order valence-electron chi connectivity index (χ3n) is 3.89. The molecule has 138 valence electrons. The molecule has 0 radical (unpaired) electrons. The third kappa shape index (κ3) is 4.41. The number of rotatable bonds is 5. The number of carbonyl (C=O) groups is 1. The van der Waals surface area contributed by atoms with E-state index in [1.165, 1.54) is 13.2 Å². The van der Waals surface area contributed by atoms with Gasteiger partial charge in [0, 0.05) is 11.1 Å². The number of aromatic nitrogens is 2. The minimum Gasteiger partial charge on any atom is -0.495 e. The van der Waals surface area contributed by atoms with Crippen LogP contribution in [0.15, 0.2) is 30.3 Å². The van der Waals surface area contributed by atoms with Gasteiger partial charge in [0.1, 0.15) is 5.75 Å². The first-order valence-electron chi connectivity index (χ1n) is 7.82. The first kappa shape index (κ1) is 18.4. The van der Waals surface area contributed by atoms with Crippen molar-refractivity contribution >= 4 is 38.9 Å². The van der Waals surface area contributed by atoms with Crippen LogP contribution in [0.1, 0.15) is 16.9 Å². The van der Waals surface area contributed by atoms with Gasteiger partial charge in [0.05, 0.1) is 24.3 Å². The van der Waals surface area contributed by atoms with Gasteiger partial charge in [-0.15, -0.1) is 10.2 Å². The van der Waals surface area contributed by atoms with E-state index < -0.39 is 15.7 Å². The second kappa shape index (κ2) is 7.46. The van der Waals surface area contributed by atoms with Crippen LogP contribution < -0.4 is 15.4 Å². The lowest BCUT2D eigenvalue weighted by atomic mass is 10.2. The molecule has 3 rings (SSSR count). The molecular weight excluding hydrogens is 380 g/mol. The Balaban J connectivity index is 1.67. The summed E-state index contributed by atoms with van der Waals surface area (Å²) in [4.78, 5) is 12.2. The number of methoxy groups -OCH3 is 1. The molecule has 1 saturated heterocycles. The normalized spacial score (nSPS) is 18.3. The molecule has 0 aliphatic carbocycles. The van der Waals surface area contributed by atoms with Crippen molar-refractivity contribution in [2.24, 2.45) is 0 Å². The lowest BCUT2D eigenvalue weighted by Crippen LogP contribution is -2.36. The Morgan fingerprint density at radius 2 is 2.08 bits per heavy atom. The molecule has 1 fully saturated rings. The molecule has 0 bridgehead atoms. The van der Waals surface area contributed by atoms with Gasteiger partial charge in [-0.3, -0.25) is 4.79 Å². The Bertz CT molecular complexity index is 918. The Kier molecular flexibility index (Phi) is 5.28. The van der Waals surface area contributed by atoms with Gasteiger partial charge in [-0.25, -0.2) is 8.42 Å². The number of benzene rings is 1. The van der Waals surface area contributed by atoms with E-state index in [4.69, 9.17) is 16.3 Å². The van der Waals surface area contributed by atoms with Gasteiger partial charge in [-0.2, -0.15) is 0 Å². The molecule has 1 atom stereocenters. The summed E-state index contributed by atoms with van der Waals surface area (Å²) in [6.07, 6.45) is 0.412. The minimum absolute atomic E-state index is 0.0413. The van der Waals surface area contributed by atoms with Gasteiger partial charge in [-0.05, 0) is 36.8 Å². The van der Waals surface area contributed by atoms with Crippen LogP contribution in [0.2, 0.25) is 5.02 Å². The zero-order valence-corrected chi connectivity index (χ0v) is 15.5. The molecule has 1 unspecified atom stereocenters. The van der Waals surface area contributed by atoms with Crippen molar-refractivity contribution in [2.45, 2.75) is 12.5 Å². The second-order valence-electron chi connectivity index (χ2n) is 5.85. The van der Waals surface area contributed by atoms with E-state index >= 15 is 0 Å². The van der Waals surface area contributed by atoms with E-state index in [1.54, 1.807) is 24.3 Å². The van der Waals surface area contributed by atoms with Crippen molar-refractivity contribution in [2.75, 3.05) is 23.9 Å². The van der Waals surface area contributed by atoms with Gasteiger partial charge in [0.25, 0.3) is 5.91 Å². The van der Waals surface area contributed by atoms with Crippen LogP contribution >= 0.6 is 11.6 Å². The fourth-order valence-corrected chi connectivity index (χ4v) is 4.45. The molecule has 1 aliphatic rings. The average molecular weight is 397 g/mol. The van der Waals surface area contributed by atoms with E-state index in [9.17, 15) is 13.2 Å². The van der Waals surface area contributed by atoms with Gasteiger partial charge >= 0.3 is 0 Å². The van der Waals surface area contributed by atoms with E-state index in [0.29, 0.717) is 28.7 Å². The molecule has 1 aliphatic heterocycles. The van der Waals surface area contributed by atoms with Crippen LogP contribution in [0.3, 0.4) is 0 Å². The molecule has 2 N–H and O–H groups in total. The molecule has 1 aromatic heterocycles. The number of ether oxygens (including phenoxy) is 1. The Morgan fingerprint density at radius 3 is 2.69 bits per heavy atom. The molecule has 2 heterocycles. The first-order chi connectivity index (χ1) is 12.4. The zero-order chi connectivity index (χ0) is 18.7. The lowest BCUT2D eigenvalue weighted by molar-refractivity contribution is 0.0935. The zero-order valence-electron chi connectivity index (χ0n) is 13.9. The summed E-state index contributed by atoms with van der Waals surface area (Å²) < 4.78 is 28.1. The number of amides is 1. The molecule has 0 spiro atoms. The number of sulfone groups is 1. The highest BCUT2D eigenvalue weighted by Crippen LogP contribution is 2.29. The molecule has 8 nitrogen and oxygen atoms in total. The fourth-order valence-electron chi connectivity index (χ4n) is 2.60. The van der Waals surface area contributed by atoms with Gasteiger partial charge in [-0.1, -0.05) is 11.6 Å². The van der Waals surface area contributed by atoms with Crippen molar-refractivity contribution in [1.29, 1.82) is 0 Å². The molecule has 1 aromatic carbocycles. The molecule has 0 saturated carbocycles. The predicted octanol–water partition coefficient (Wildman–Crippen LogP) is 1.80. The third-order valence-corrected chi connectivity index (χ3v) is 5.89. The van der Waals surface area contributed by atoms with Gasteiger partial charge in [0.2, 0.25) is 0 Å². The van der Waals surface area contributed by atoms with Crippen molar-refractivity contribution in [3.8, 4) is 5.75 Å². The second-order valence-corrected chi connectivity index (χ2v) is 8.51. The lowest BCUT2D eigenvalue weighted by Gasteiger charge is -2.12. The summed E-state index contributed by atoms with van der Waals surface area (Å²) in [6.45, 7) is 0. The van der Waals surface area contributed by atoms with Crippen LogP contribution in [0.25, 0.3) is 0 Å². The Morgan fingerprint density at radius 1 is 1.27 bits per heavy atom. The monoisotopic (exact) mass is 396 g/mol. The summed E-state index contributed by atoms with van der Waals surface area (Å²) in [7, 11) is -1.52. The topological polar surface area (TPSA) is 110 Å². The van der Waals surface area contributed by atoms with Crippen molar-refractivity contribution in [3.63, 3.8) is 0 Å². The maximum Gasteiger partial charge on any atom is 0.272 e. The number of hydrogen-bond acceptors (Lipinski definition) is 7. The van der Waals surface area contributed by atoms with Crippen LogP contribution in [0.4, 0.5) is 11.5 Å². The number of nitrogens with zero attached hydrogens (tertiary/aromatic N) is 2. The summed E-state index contributed by atoms with van der Waals surface area (Å²) in [5.74, 6) is 0.589. The SMILES string of the molecule is COc1ccc(Cl)cc1Nc1ccc(C(=O)NC2CCS(=O)(=O)C2)nn1. The van der Waals surface area contributed by atoms with Crippen molar-refractivity contribution in [3.05, 3.63) is 41.0 Å². The molecule has 10 heteroatoms. The maximum atomic E-state index is 12.2. The van der Waals surface area contributed by atoms with Crippen molar-refractivity contribution in [1.82, 2.24) is 15.5 Å². The summed E-state index contributed by atoms with van der Waals surface area (Å²) in [6, 6.07) is 7.81. The highest BCUT2D eigenvalue weighted by Gasteiger charge is 2.29. The van der Waals surface area contributed by atoms with Crippen LogP contribution in [0.5, 0.6) is 5.75 Å². The molecular formula is C16H17ClN4O4S. The highest BCUT2D eigenvalue weighted by atomic mass is 35.5. The van der Waals surface area contributed by atoms with Crippen LogP contribution in [-0.4, -0.2) is 49.2 Å². The molecule has 2 aromatic rings. The number of carbonyl (C=O) groups excluding carboxylic acids is 1. The van der Waals surface area contributed by atoms with Gasteiger partial charge in [0.15, 0.2) is 21.3 Å². The average Bonchev–Trinajstić information content (AvgIpc) is 2.94. The number of halogens is 1. The summed E-state index contributed by atoms with van der Waals surface area (Å²) in [5.41, 5.74) is 0.723. The van der Waals surface area contributed by atoms with Crippen LogP contribution in [-0.2, 0) is 9.84 Å². The fraction of sp³-hybridized carbons (Fsp3) is 0.312. The Labute approximate surface area is 155 Å². The molecule has 26 heavy (non-hydrogen) atoms. The standard InChI is InChI=1S/C16H17ClN4O4S/c1-25-14-4-2-10(17)8-13(14)19-15-5-3-12(20-21-15)16(22)18-11-6-7-26(23,24)9-11/h2-5,8,11H,6-7,9H2,1H3,(H,18,22)(H,19,21). The largest absolute Gasteiger partial charge is 0.495 e. The number of nitrogens with one attached hydrogen (secondary N) is 2. The summed E-state index contributed by atoms with van der Waals surface area (Å²) in [5, 5.41) is 14.1. The minimum atomic E-state index is -3.06. The summed E-state index contributed by atoms with van der Waals surface area (Å²) >= 11 is 5.98. The molecule has 1 amide bonds. The van der Waals surface area contributed by atoms with Gasteiger partial charge < -0.3 is 15.4 Å². The smallest absolute Gasteiger partial charge is 0.272 e. The predicted molar refractivity (Wildman–Crippen MR) is 97.8 cm³/mol. The van der Waals surface area contributed by atoms with Crippen LogP contribution in [0, 0.1) is 0 Å². The van der Waals surface area contributed by atoms with Crippen molar-refractivity contribution < 1.29 is 17.9 Å². The highest BCUT2D eigenvalue weighted by molar-refractivity contribution is 7.91. The Hall–Kier alpha value is -2.39. The number of hydrogen-bond donors (Lipinski definition) is 2. The first-order valence-corrected chi connectivity index (χ1v) is 10.0. The van der Waals surface area contributed by atoms with E-state index in [1.807, 2.05) is 0 Å². The van der Waals surface area contributed by atoms with E-state index in [2.05, 4.69) is 20.8 Å². The maximum absolute atomic E-state index is 12.2. The van der Waals surface area contributed by atoms with E-state index in [-0.39, 0.29) is 23.2 Å². The quantitative estimate of drug-likeness (QED) is 0.792. The van der Waals surface area contributed by atoms with E-state index in [0.717, 1.165) is 0 Å². The number of anilines is 2.